The number of primary amides is 1. The van der Waals surface area contributed by atoms with Gasteiger partial charge in [-0.05, 0) is 55.0 Å². The third kappa shape index (κ3) is 6.92. The number of nitrogens with one attached hydrogen (secondary N) is 1. The number of carbonyl (C=O) groups is 1. The second-order valence-electron chi connectivity index (χ2n) is 8.75. The Kier molecular flexibility index (Phi) is 7.67. The van der Waals surface area contributed by atoms with E-state index in [0.717, 1.165) is 22.8 Å². The number of aryl methyl sites for hydroxylation is 1. The van der Waals surface area contributed by atoms with Gasteiger partial charge in [0.25, 0.3) is 15.9 Å². The van der Waals surface area contributed by atoms with Crippen molar-refractivity contribution < 1.29 is 39.6 Å². The summed E-state index contributed by atoms with van der Waals surface area (Å²) >= 11 is 0. The highest BCUT2D eigenvalue weighted by Gasteiger charge is 2.37. The average Bonchev–Trinajstić information content (AvgIpc) is 3.35. The number of nitrogens with zero attached hydrogens (tertiary/aromatic N) is 3. The first-order valence-electron chi connectivity index (χ1n) is 11.5. The van der Waals surface area contributed by atoms with Crippen molar-refractivity contribution in [3.8, 4) is 11.4 Å². The number of halogens is 6. The van der Waals surface area contributed by atoms with Gasteiger partial charge in [0.05, 0.1) is 21.6 Å². The number of alkyl halides is 6. The van der Waals surface area contributed by atoms with Crippen molar-refractivity contribution in [1.29, 1.82) is 0 Å². The van der Waals surface area contributed by atoms with Gasteiger partial charge in [-0.15, -0.1) is 5.10 Å². The second kappa shape index (κ2) is 10.7. The lowest BCUT2D eigenvalue weighted by molar-refractivity contribution is -0.143. The van der Waals surface area contributed by atoms with Crippen LogP contribution in [-0.2, 0) is 27.2 Å². The third-order valence-corrected chi connectivity index (χ3v) is 7.06. The standard InChI is InChI=1S/C26H19F6N5O3S/c1-15-2-8-21(9-3-15)41(39,40)36-20-6-4-16(5-7-20)22(23(33)38)13-37-14-34-24(35-37)17-10-18(25(27,28)29)12-19(11-17)26(30,31)32/h2-14,36H,1H3,(H2,33,38)/b22-13+. The lowest BCUT2D eigenvalue weighted by Gasteiger charge is -2.13. The number of benzene rings is 3. The molecule has 1 amide bonds. The summed E-state index contributed by atoms with van der Waals surface area (Å²) in [7, 11) is -3.90. The summed E-state index contributed by atoms with van der Waals surface area (Å²) in [6.45, 7) is 1.81. The Morgan fingerprint density at radius 3 is 1.98 bits per heavy atom. The van der Waals surface area contributed by atoms with Crippen LogP contribution in [-0.4, -0.2) is 29.1 Å². The Hall–Kier alpha value is -4.66. The van der Waals surface area contributed by atoms with Crippen molar-refractivity contribution in [3.05, 3.63) is 95.3 Å². The molecule has 0 atom stereocenters. The molecule has 0 bridgehead atoms. The van der Waals surface area contributed by atoms with Crippen LogP contribution in [0.2, 0.25) is 0 Å². The van der Waals surface area contributed by atoms with Gasteiger partial charge in [-0.3, -0.25) is 9.52 Å². The first-order chi connectivity index (χ1) is 19.0. The van der Waals surface area contributed by atoms with Gasteiger partial charge in [0.2, 0.25) is 0 Å². The zero-order valence-corrected chi connectivity index (χ0v) is 21.6. The van der Waals surface area contributed by atoms with Crippen molar-refractivity contribution in [2.75, 3.05) is 4.72 Å². The first-order valence-corrected chi connectivity index (χ1v) is 12.9. The van der Waals surface area contributed by atoms with Crippen LogP contribution >= 0.6 is 0 Å². The van der Waals surface area contributed by atoms with Gasteiger partial charge in [0.15, 0.2) is 5.82 Å². The van der Waals surface area contributed by atoms with Crippen molar-refractivity contribution in [1.82, 2.24) is 14.8 Å². The SMILES string of the molecule is Cc1ccc(S(=O)(=O)Nc2ccc(/C(=C\n3cnc(-c4cc(C(F)(F)F)cc(C(F)(F)F)c4)n3)C(N)=O)cc2)cc1. The molecule has 0 fully saturated rings. The number of aromatic nitrogens is 3. The van der Waals surface area contributed by atoms with Crippen LogP contribution in [0.25, 0.3) is 23.2 Å². The molecule has 0 unspecified atom stereocenters. The van der Waals surface area contributed by atoms with E-state index in [0.29, 0.717) is 12.1 Å². The summed E-state index contributed by atoms with van der Waals surface area (Å²) < 4.78 is 108. The van der Waals surface area contributed by atoms with E-state index in [9.17, 15) is 39.6 Å². The van der Waals surface area contributed by atoms with Gasteiger partial charge in [-0.2, -0.15) is 26.3 Å². The normalized spacial score (nSPS) is 12.8. The van der Waals surface area contributed by atoms with Crippen molar-refractivity contribution in [3.63, 3.8) is 0 Å². The molecule has 0 saturated carbocycles. The molecule has 0 spiro atoms. The summed E-state index contributed by atoms with van der Waals surface area (Å²) in [5, 5.41) is 3.88. The van der Waals surface area contributed by atoms with Gasteiger partial charge in [-0.1, -0.05) is 29.8 Å². The number of hydrogen-bond donors (Lipinski definition) is 2. The number of amides is 1. The summed E-state index contributed by atoms with van der Waals surface area (Å²) in [6, 6.07) is 12.6. The Bertz CT molecular complexity index is 1690. The van der Waals surface area contributed by atoms with Gasteiger partial charge < -0.3 is 5.73 Å². The monoisotopic (exact) mass is 595 g/mol. The van der Waals surface area contributed by atoms with Gasteiger partial charge >= 0.3 is 12.4 Å². The lowest BCUT2D eigenvalue weighted by atomic mass is 10.0. The molecule has 1 aromatic heterocycles. The maximum atomic E-state index is 13.2. The molecule has 3 aromatic carbocycles. The number of rotatable bonds is 7. The first kappa shape index (κ1) is 29.3. The fraction of sp³-hybridized carbons (Fsp3) is 0.115. The van der Waals surface area contributed by atoms with E-state index in [-0.39, 0.29) is 27.8 Å². The Labute approximate surface area is 229 Å². The summed E-state index contributed by atoms with van der Waals surface area (Å²) in [6.07, 6.45) is -8.07. The van der Waals surface area contributed by atoms with Crippen LogP contribution in [0.5, 0.6) is 0 Å². The molecule has 0 aliphatic rings. The van der Waals surface area contributed by atoms with Crippen LogP contribution in [0.3, 0.4) is 0 Å². The number of anilines is 1. The van der Waals surface area contributed by atoms with E-state index in [1.54, 1.807) is 12.1 Å². The molecule has 0 radical (unpaired) electrons. The minimum Gasteiger partial charge on any atom is -0.366 e. The summed E-state index contributed by atoms with van der Waals surface area (Å²) in [5.41, 5.74) is 2.95. The van der Waals surface area contributed by atoms with Gasteiger partial charge in [0.1, 0.15) is 6.33 Å². The molecule has 4 rings (SSSR count). The van der Waals surface area contributed by atoms with E-state index in [1.807, 2.05) is 6.92 Å². The van der Waals surface area contributed by atoms with E-state index in [4.69, 9.17) is 5.73 Å². The predicted molar refractivity (Wildman–Crippen MR) is 137 cm³/mol. The average molecular weight is 596 g/mol. The second-order valence-corrected chi connectivity index (χ2v) is 10.4. The van der Waals surface area contributed by atoms with E-state index >= 15 is 0 Å². The third-order valence-electron chi connectivity index (χ3n) is 5.66. The molecule has 0 aliphatic heterocycles. The molecular weight excluding hydrogens is 576 g/mol. The maximum Gasteiger partial charge on any atom is 0.416 e. The fourth-order valence-electron chi connectivity index (χ4n) is 3.62. The van der Waals surface area contributed by atoms with Crippen LogP contribution < -0.4 is 10.5 Å². The molecule has 4 aromatic rings. The molecule has 8 nitrogen and oxygen atoms in total. The number of sulfonamides is 1. The zero-order chi connectivity index (χ0) is 30.2. The van der Waals surface area contributed by atoms with Gasteiger partial charge in [0, 0.05) is 17.5 Å². The smallest absolute Gasteiger partial charge is 0.366 e. The van der Waals surface area contributed by atoms with E-state index in [1.165, 1.54) is 36.4 Å². The summed E-state index contributed by atoms with van der Waals surface area (Å²) in [4.78, 5) is 16.0. The molecule has 0 saturated heterocycles. The van der Waals surface area contributed by atoms with E-state index in [2.05, 4.69) is 14.8 Å². The topological polar surface area (TPSA) is 120 Å². The minimum absolute atomic E-state index is 0.0177. The fourth-order valence-corrected chi connectivity index (χ4v) is 4.67. The highest BCUT2D eigenvalue weighted by atomic mass is 32.2. The van der Waals surface area contributed by atoms with E-state index < -0.39 is 50.8 Å². The Morgan fingerprint density at radius 1 is 0.902 bits per heavy atom. The Balaban J connectivity index is 1.62. The number of carbonyl (C=O) groups excluding carboxylic acids is 1. The van der Waals surface area contributed by atoms with Crippen molar-refractivity contribution in [2.24, 2.45) is 5.73 Å². The quantitative estimate of drug-likeness (QED) is 0.214. The molecule has 214 valence electrons. The van der Waals surface area contributed by atoms with Crippen LogP contribution in [0, 0.1) is 6.92 Å². The largest absolute Gasteiger partial charge is 0.416 e. The predicted octanol–water partition coefficient (Wildman–Crippen LogP) is 5.58. The molecule has 15 heteroatoms. The number of hydrogen-bond acceptors (Lipinski definition) is 5. The lowest BCUT2D eigenvalue weighted by Crippen LogP contribution is -2.15. The maximum absolute atomic E-state index is 13.2. The zero-order valence-electron chi connectivity index (χ0n) is 20.8. The highest BCUT2D eigenvalue weighted by Crippen LogP contribution is 2.38. The van der Waals surface area contributed by atoms with Crippen molar-refractivity contribution in [2.45, 2.75) is 24.2 Å². The van der Waals surface area contributed by atoms with Crippen molar-refractivity contribution >= 4 is 33.4 Å². The highest BCUT2D eigenvalue weighted by molar-refractivity contribution is 7.92. The molecule has 1 heterocycles. The molecule has 3 N–H and O–H groups in total. The summed E-state index contributed by atoms with van der Waals surface area (Å²) in [5.74, 6) is -1.42. The van der Waals surface area contributed by atoms with Gasteiger partial charge in [-0.25, -0.2) is 18.1 Å². The molecule has 41 heavy (non-hydrogen) atoms. The van der Waals surface area contributed by atoms with Crippen LogP contribution in [0.4, 0.5) is 32.0 Å². The van der Waals surface area contributed by atoms with Crippen LogP contribution in [0.15, 0.2) is 78.0 Å². The molecule has 0 aliphatic carbocycles. The molecular formula is C26H19F6N5O3S. The minimum atomic E-state index is -5.06. The Morgan fingerprint density at radius 2 is 1.46 bits per heavy atom. The number of nitrogens with two attached hydrogens (primary N) is 1. The van der Waals surface area contributed by atoms with Crippen LogP contribution in [0.1, 0.15) is 22.3 Å².